The predicted molar refractivity (Wildman–Crippen MR) is 95.0 cm³/mol. The van der Waals surface area contributed by atoms with Crippen molar-refractivity contribution in [3.05, 3.63) is 34.3 Å². The number of carbonyl (C=O) groups excluding carboxylic acids is 1. The molecule has 0 aliphatic carbocycles. The predicted octanol–water partition coefficient (Wildman–Crippen LogP) is 5.18. The standard InChI is InChI=1S/C18H21ClF3NOS/c1-25-14-9-12-4-5-13(10-14)23(12)17(24)7-3-11-2-6-16(19)15(8-11)18(20,21)22/h2,6,8,12-14H,3-5,7,9-10H2,1H3. The fourth-order valence-corrected chi connectivity index (χ4v) is 5.11. The number of halogens is 4. The van der Waals surface area contributed by atoms with Gasteiger partial charge in [0, 0.05) is 23.8 Å². The van der Waals surface area contributed by atoms with Gasteiger partial charge in [-0.3, -0.25) is 4.79 Å². The van der Waals surface area contributed by atoms with Crippen molar-refractivity contribution in [2.24, 2.45) is 0 Å². The van der Waals surface area contributed by atoms with Gasteiger partial charge in [-0.2, -0.15) is 24.9 Å². The Morgan fingerprint density at radius 2 is 1.92 bits per heavy atom. The summed E-state index contributed by atoms with van der Waals surface area (Å²) in [5, 5.41) is 0.312. The van der Waals surface area contributed by atoms with Crippen molar-refractivity contribution in [2.45, 2.75) is 62.0 Å². The summed E-state index contributed by atoms with van der Waals surface area (Å²) in [7, 11) is 0. The molecule has 1 aromatic carbocycles. The van der Waals surface area contributed by atoms with Gasteiger partial charge in [0.05, 0.1) is 10.6 Å². The first-order chi connectivity index (χ1) is 11.8. The molecule has 0 aromatic heterocycles. The third-order valence-corrected chi connectivity index (χ3v) is 6.66. The molecule has 2 aliphatic heterocycles. The number of thioether (sulfide) groups is 1. The van der Waals surface area contributed by atoms with E-state index in [0.29, 0.717) is 29.3 Å². The van der Waals surface area contributed by atoms with Crippen LogP contribution in [0.4, 0.5) is 13.2 Å². The van der Waals surface area contributed by atoms with Gasteiger partial charge in [-0.05, 0) is 56.1 Å². The summed E-state index contributed by atoms with van der Waals surface area (Å²) in [5.74, 6) is 0.0653. The number of rotatable bonds is 4. The Labute approximate surface area is 155 Å². The summed E-state index contributed by atoms with van der Waals surface area (Å²) in [4.78, 5) is 14.7. The van der Waals surface area contributed by atoms with Crippen molar-refractivity contribution in [1.82, 2.24) is 4.90 Å². The van der Waals surface area contributed by atoms with E-state index in [4.69, 9.17) is 11.6 Å². The molecule has 1 amide bonds. The monoisotopic (exact) mass is 391 g/mol. The number of nitrogens with zero attached hydrogens (tertiary/aromatic N) is 1. The number of fused-ring (bicyclic) bond motifs is 2. The molecule has 2 saturated heterocycles. The number of hydrogen-bond donors (Lipinski definition) is 0. The molecule has 0 spiro atoms. The first-order valence-electron chi connectivity index (χ1n) is 8.49. The van der Waals surface area contributed by atoms with E-state index in [1.165, 1.54) is 6.07 Å². The minimum absolute atomic E-state index is 0.0653. The molecule has 2 aliphatic rings. The number of piperidine rings is 1. The molecule has 2 heterocycles. The van der Waals surface area contributed by atoms with Gasteiger partial charge >= 0.3 is 6.18 Å². The quantitative estimate of drug-likeness (QED) is 0.705. The summed E-state index contributed by atoms with van der Waals surface area (Å²) in [6.45, 7) is 0. The van der Waals surface area contributed by atoms with Crippen LogP contribution in [0.5, 0.6) is 0 Å². The Kier molecular flexibility index (Phi) is 5.59. The van der Waals surface area contributed by atoms with Crippen molar-refractivity contribution in [1.29, 1.82) is 0 Å². The highest BCUT2D eigenvalue weighted by Crippen LogP contribution is 2.40. The Morgan fingerprint density at radius 1 is 1.28 bits per heavy atom. The van der Waals surface area contributed by atoms with E-state index >= 15 is 0 Å². The van der Waals surface area contributed by atoms with Gasteiger partial charge in [0.25, 0.3) is 0 Å². The number of alkyl halides is 3. The highest BCUT2D eigenvalue weighted by Gasteiger charge is 2.42. The lowest BCUT2D eigenvalue weighted by Gasteiger charge is -2.38. The molecule has 25 heavy (non-hydrogen) atoms. The van der Waals surface area contributed by atoms with Crippen LogP contribution in [0.15, 0.2) is 18.2 Å². The number of carbonyl (C=O) groups is 1. The van der Waals surface area contributed by atoms with Crippen LogP contribution in [-0.4, -0.2) is 34.4 Å². The van der Waals surface area contributed by atoms with Crippen molar-refractivity contribution in [2.75, 3.05) is 6.26 Å². The van der Waals surface area contributed by atoms with Crippen LogP contribution in [0.3, 0.4) is 0 Å². The molecule has 0 saturated carbocycles. The zero-order valence-corrected chi connectivity index (χ0v) is 15.6. The van der Waals surface area contributed by atoms with E-state index in [-0.39, 0.29) is 17.4 Å². The maximum absolute atomic E-state index is 12.9. The van der Waals surface area contributed by atoms with Gasteiger partial charge in [-0.15, -0.1) is 0 Å². The van der Waals surface area contributed by atoms with Crippen LogP contribution in [-0.2, 0) is 17.4 Å². The third-order valence-electron chi connectivity index (χ3n) is 5.27. The lowest BCUT2D eigenvalue weighted by atomic mass is 10.0. The van der Waals surface area contributed by atoms with E-state index in [0.717, 1.165) is 31.7 Å². The first kappa shape index (κ1) is 18.9. The van der Waals surface area contributed by atoms with E-state index in [9.17, 15) is 18.0 Å². The molecule has 2 bridgehead atoms. The van der Waals surface area contributed by atoms with E-state index in [2.05, 4.69) is 6.26 Å². The van der Waals surface area contributed by atoms with Gasteiger partial charge in [-0.1, -0.05) is 17.7 Å². The minimum Gasteiger partial charge on any atom is -0.337 e. The fourth-order valence-electron chi connectivity index (χ4n) is 4.05. The summed E-state index contributed by atoms with van der Waals surface area (Å²) >= 11 is 7.51. The third kappa shape index (κ3) is 4.11. The van der Waals surface area contributed by atoms with Gasteiger partial charge < -0.3 is 4.90 Å². The highest BCUT2D eigenvalue weighted by atomic mass is 35.5. The Hall–Kier alpha value is -0.880. The van der Waals surface area contributed by atoms with Gasteiger partial charge in [0.1, 0.15) is 0 Å². The minimum atomic E-state index is -4.48. The number of aryl methyl sites for hydroxylation is 1. The van der Waals surface area contributed by atoms with Crippen LogP contribution in [0.1, 0.15) is 43.2 Å². The topological polar surface area (TPSA) is 20.3 Å². The second-order valence-corrected chi connectivity index (χ2v) is 8.37. The molecule has 2 nitrogen and oxygen atoms in total. The lowest BCUT2D eigenvalue weighted by Crippen LogP contribution is -2.47. The van der Waals surface area contributed by atoms with Crippen LogP contribution < -0.4 is 0 Å². The average Bonchev–Trinajstić information content (AvgIpc) is 2.83. The van der Waals surface area contributed by atoms with Gasteiger partial charge in [0.2, 0.25) is 5.91 Å². The maximum Gasteiger partial charge on any atom is 0.417 e. The van der Waals surface area contributed by atoms with Crippen molar-refractivity contribution >= 4 is 29.3 Å². The summed E-state index contributed by atoms with van der Waals surface area (Å²) in [5.41, 5.74) is -0.337. The SMILES string of the molecule is CSC1CC2CCC(C1)N2C(=O)CCc1ccc(Cl)c(C(F)(F)F)c1. The molecule has 2 unspecified atom stereocenters. The van der Waals surface area contributed by atoms with E-state index in [1.807, 2.05) is 16.7 Å². The lowest BCUT2D eigenvalue weighted by molar-refractivity contribution is -0.137. The zero-order chi connectivity index (χ0) is 18.2. The molecule has 7 heteroatoms. The van der Waals surface area contributed by atoms with Crippen LogP contribution >= 0.6 is 23.4 Å². The zero-order valence-electron chi connectivity index (χ0n) is 14.0. The van der Waals surface area contributed by atoms with Crippen molar-refractivity contribution in [3.63, 3.8) is 0 Å². The summed E-state index contributed by atoms with van der Waals surface area (Å²) in [6.07, 6.45) is 2.34. The second-order valence-electron chi connectivity index (χ2n) is 6.83. The van der Waals surface area contributed by atoms with Crippen molar-refractivity contribution < 1.29 is 18.0 Å². The molecule has 138 valence electrons. The van der Waals surface area contributed by atoms with E-state index in [1.54, 1.807) is 6.07 Å². The van der Waals surface area contributed by atoms with Crippen LogP contribution in [0.25, 0.3) is 0 Å². The van der Waals surface area contributed by atoms with Crippen LogP contribution in [0.2, 0.25) is 5.02 Å². The van der Waals surface area contributed by atoms with Crippen LogP contribution in [0, 0.1) is 0 Å². The Balaban J connectivity index is 1.64. The average molecular weight is 392 g/mol. The molecule has 0 N–H and O–H groups in total. The molecule has 3 rings (SSSR count). The molecule has 0 radical (unpaired) electrons. The first-order valence-corrected chi connectivity index (χ1v) is 10.2. The number of hydrogen-bond acceptors (Lipinski definition) is 2. The summed E-state index contributed by atoms with van der Waals surface area (Å²) < 4.78 is 38.8. The normalized spacial score (nSPS) is 26.1. The number of benzene rings is 1. The Morgan fingerprint density at radius 3 is 2.48 bits per heavy atom. The van der Waals surface area contributed by atoms with E-state index < -0.39 is 11.7 Å². The smallest absolute Gasteiger partial charge is 0.337 e. The molecular weight excluding hydrogens is 371 g/mol. The fraction of sp³-hybridized carbons (Fsp3) is 0.611. The second kappa shape index (κ2) is 7.39. The molecule has 2 fully saturated rings. The van der Waals surface area contributed by atoms with Crippen molar-refractivity contribution in [3.8, 4) is 0 Å². The maximum atomic E-state index is 12.9. The van der Waals surface area contributed by atoms with Gasteiger partial charge in [-0.25, -0.2) is 0 Å². The molecule has 2 atom stereocenters. The Bertz CT molecular complexity index is 638. The number of amides is 1. The van der Waals surface area contributed by atoms with Gasteiger partial charge in [0.15, 0.2) is 0 Å². The highest BCUT2D eigenvalue weighted by molar-refractivity contribution is 7.99. The molecular formula is C18H21ClF3NOS. The summed E-state index contributed by atoms with van der Waals surface area (Å²) in [6, 6.07) is 4.50. The largest absolute Gasteiger partial charge is 0.417 e. The molecule has 1 aromatic rings.